The number of hydrogen-bond acceptors (Lipinski definition) is 3. The zero-order chi connectivity index (χ0) is 21.1. The molecule has 1 aromatic heterocycles. The van der Waals surface area contributed by atoms with Crippen LogP contribution in [-0.2, 0) is 11.3 Å². The van der Waals surface area contributed by atoms with Crippen LogP contribution in [0, 0.1) is 6.92 Å². The van der Waals surface area contributed by atoms with Crippen molar-refractivity contribution >= 4 is 16.7 Å². The number of aromatic nitrogens is 1. The van der Waals surface area contributed by atoms with Crippen molar-refractivity contribution < 1.29 is 9.53 Å². The van der Waals surface area contributed by atoms with Gasteiger partial charge in [0.25, 0.3) is 11.5 Å². The fraction of sp³-hybridized carbons (Fsp3) is 0.360. The van der Waals surface area contributed by atoms with E-state index in [0.29, 0.717) is 28.6 Å². The fourth-order valence-electron chi connectivity index (χ4n) is 4.35. The molecule has 2 atom stereocenters. The lowest BCUT2D eigenvalue weighted by Crippen LogP contribution is -2.34. The summed E-state index contributed by atoms with van der Waals surface area (Å²) >= 11 is 0. The smallest absolute Gasteiger partial charge is 0.258 e. The highest BCUT2D eigenvalue weighted by Crippen LogP contribution is 2.23. The van der Waals surface area contributed by atoms with E-state index in [0.717, 1.165) is 31.4 Å². The number of rotatable bonds is 6. The van der Waals surface area contributed by atoms with Crippen molar-refractivity contribution in [2.24, 2.45) is 0 Å². The van der Waals surface area contributed by atoms with Gasteiger partial charge in [-0.2, -0.15) is 0 Å². The maximum Gasteiger partial charge on any atom is 0.258 e. The molecule has 4 rings (SSSR count). The fourth-order valence-corrected chi connectivity index (χ4v) is 4.35. The normalized spacial score (nSPS) is 17.2. The van der Waals surface area contributed by atoms with E-state index in [-0.39, 0.29) is 23.6 Å². The molecule has 3 aromatic rings. The van der Waals surface area contributed by atoms with Gasteiger partial charge in [0.1, 0.15) is 0 Å². The number of ether oxygens (including phenoxy) is 1. The molecular formula is C25H28N2O3. The van der Waals surface area contributed by atoms with Crippen molar-refractivity contribution in [1.82, 2.24) is 9.88 Å². The molecule has 1 saturated heterocycles. The molecular weight excluding hydrogens is 376 g/mol. The molecule has 0 saturated carbocycles. The van der Waals surface area contributed by atoms with Crippen molar-refractivity contribution in [3.8, 4) is 0 Å². The molecule has 0 bridgehead atoms. The summed E-state index contributed by atoms with van der Waals surface area (Å²) in [6, 6.07) is 17.3. The topological polar surface area (TPSA) is 60.3 Å². The molecule has 0 radical (unpaired) electrons. The molecule has 2 heterocycles. The predicted molar refractivity (Wildman–Crippen MR) is 119 cm³/mol. The van der Waals surface area contributed by atoms with Gasteiger partial charge in [0.15, 0.2) is 0 Å². The molecule has 156 valence electrons. The Labute approximate surface area is 176 Å². The van der Waals surface area contributed by atoms with Crippen molar-refractivity contribution in [2.45, 2.75) is 51.8 Å². The van der Waals surface area contributed by atoms with Crippen LogP contribution in [0.15, 0.2) is 59.4 Å². The molecule has 1 aliphatic rings. The van der Waals surface area contributed by atoms with E-state index < -0.39 is 0 Å². The second-order valence-corrected chi connectivity index (χ2v) is 7.90. The lowest BCUT2D eigenvalue weighted by molar-refractivity contribution is 0.0920. The molecule has 1 amide bonds. The van der Waals surface area contributed by atoms with Crippen molar-refractivity contribution in [2.75, 3.05) is 6.61 Å². The SMILES string of the molecule is CCC(NC(=O)c1c(C)n(CC2CCCO2)c(=O)c2ccccc12)c1ccccc1. The van der Waals surface area contributed by atoms with Crippen LogP contribution < -0.4 is 10.9 Å². The Bertz CT molecular complexity index is 1100. The molecule has 5 nitrogen and oxygen atoms in total. The summed E-state index contributed by atoms with van der Waals surface area (Å²) < 4.78 is 7.48. The number of carbonyl (C=O) groups excluding carboxylic acids is 1. The maximum absolute atomic E-state index is 13.5. The van der Waals surface area contributed by atoms with Gasteiger partial charge in [0, 0.05) is 23.1 Å². The van der Waals surface area contributed by atoms with Crippen LogP contribution in [0.3, 0.4) is 0 Å². The molecule has 2 unspecified atom stereocenters. The largest absolute Gasteiger partial charge is 0.376 e. The molecule has 5 heteroatoms. The number of amides is 1. The monoisotopic (exact) mass is 404 g/mol. The number of fused-ring (bicyclic) bond motifs is 1. The van der Waals surface area contributed by atoms with Gasteiger partial charge in [-0.3, -0.25) is 9.59 Å². The molecule has 2 aromatic carbocycles. The lowest BCUT2D eigenvalue weighted by Gasteiger charge is -2.22. The first-order valence-corrected chi connectivity index (χ1v) is 10.7. The van der Waals surface area contributed by atoms with Gasteiger partial charge in [-0.1, -0.05) is 55.5 Å². The number of hydrogen-bond donors (Lipinski definition) is 1. The number of pyridine rings is 1. The third-order valence-corrected chi connectivity index (χ3v) is 5.99. The number of benzene rings is 2. The Morgan fingerprint density at radius 3 is 2.50 bits per heavy atom. The summed E-state index contributed by atoms with van der Waals surface area (Å²) in [6.45, 7) is 5.13. The average molecular weight is 405 g/mol. The van der Waals surface area contributed by atoms with Crippen LogP contribution in [0.5, 0.6) is 0 Å². The summed E-state index contributed by atoms with van der Waals surface area (Å²) in [5.41, 5.74) is 2.26. The van der Waals surface area contributed by atoms with Gasteiger partial charge in [-0.05, 0) is 37.8 Å². The molecule has 30 heavy (non-hydrogen) atoms. The van der Waals surface area contributed by atoms with E-state index in [1.54, 1.807) is 10.6 Å². The Hall–Kier alpha value is -2.92. The highest BCUT2D eigenvalue weighted by molar-refractivity contribution is 6.07. The van der Waals surface area contributed by atoms with Gasteiger partial charge < -0.3 is 14.6 Å². The van der Waals surface area contributed by atoms with Gasteiger partial charge >= 0.3 is 0 Å². The third-order valence-electron chi connectivity index (χ3n) is 5.99. The summed E-state index contributed by atoms with van der Waals surface area (Å²) in [7, 11) is 0. The number of nitrogens with one attached hydrogen (secondary N) is 1. The summed E-state index contributed by atoms with van der Waals surface area (Å²) in [4.78, 5) is 26.7. The first kappa shape index (κ1) is 20.4. The molecule has 1 N–H and O–H groups in total. The van der Waals surface area contributed by atoms with Gasteiger partial charge in [0.2, 0.25) is 0 Å². The molecule has 0 aliphatic carbocycles. The van der Waals surface area contributed by atoms with E-state index in [1.807, 2.05) is 55.5 Å². The van der Waals surface area contributed by atoms with Crippen molar-refractivity contribution in [3.63, 3.8) is 0 Å². The van der Waals surface area contributed by atoms with Crippen LogP contribution in [0.1, 0.15) is 53.8 Å². The maximum atomic E-state index is 13.5. The van der Waals surface area contributed by atoms with E-state index in [2.05, 4.69) is 12.2 Å². The second kappa shape index (κ2) is 8.84. The highest BCUT2D eigenvalue weighted by Gasteiger charge is 2.24. The van der Waals surface area contributed by atoms with Gasteiger partial charge in [-0.25, -0.2) is 0 Å². The summed E-state index contributed by atoms with van der Waals surface area (Å²) in [6.07, 6.45) is 2.74. The first-order chi connectivity index (χ1) is 14.6. The number of carbonyl (C=O) groups is 1. The van der Waals surface area contributed by atoms with E-state index in [1.165, 1.54) is 0 Å². The van der Waals surface area contributed by atoms with E-state index in [4.69, 9.17) is 4.74 Å². The summed E-state index contributed by atoms with van der Waals surface area (Å²) in [5, 5.41) is 4.45. The average Bonchev–Trinajstić information content (AvgIpc) is 3.29. The van der Waals surface area contributed by atoms with E-state index in [9.17, 15) is 9.59 Å². The Morgan fingerprint density at radius 2 is 1.83 bits per heavy atom. The minimum Gasteiger partial charge on any atom is -0.376 e. The summed E-state index contributed by atoms with van der Waals surface area (Å²) in [5.74, 6) is -0.152. The molecule has 1 aliphatic heterocycles. The zero-order valence-corrected chi connectivity index (χ0v) is 17.6. The third kappa shape index (κ3) is 3.90. The minimum atomic E-state index is -0.152. The Balaban J connectivity index is 1.77. The lowest BCUT2D eigenvalue weighted by atomic mass is 10.0. The van der Waals surface area contributed by atoms with Crippen molar-refractivity contribution in [3.05, 3.63) is 81.8 Å². The van der Waals surface area contributed by atoms with Crippen LogP contribution in [0.25, 0.3) is 10.8 Å². The van der Waals surface area contributed by atoms with Gasteiger partial charge in [0.05, 0.1) is 24.3 Å². The van der Waals surface area contributed by atoms with Gasteiger partial charge in [-0.15, -0.1) is 0 Å². The standard InChI is InChI=1S/C25H28N2O3/c1-3-22(18-10-5-4-6-11-18)26-24(28)23-17(2)27(16-19-12-9-15-30-19)25(29)21-14-8-7-13-20(21)23/h4-8,10-11,13-14,19,22H,3,9,12,15-16H2,1-2H3,(H,26,28). The Morgan fingerprint density at radius 1 is 1.13 bits per heavy atom. The van der Waals surface area contributed by atoms with E-state index >= 15 is 0 Å². The first-order valence-electron chi connectivity index (χ1n) is 10.7. The predicted octanol–water partition coefficient (Wildman–Crippen LogP) is 4.37. The zero-order valence-electron chi connectivity index (χ0n) is 17.6. The van der Waals surface area contributed by atoms with Crippen LogP contribution >= 0.6 is 0 Å². The molecule has 1 fully saturated rings. The molecule has 0 spiro atoms. The second-order valence-electron chi connectivity index (χ2n) is 7.90. The van der Waals surface area contributed by atoms with Crippen LogP contribution in [0.2, 0.25) is 0 Å². The Kier molecular flexibility index (Phi) is 6.00. The van der Waals surface area contributed by atoms with Crippen LogP contribution in [-0.4, -0.2) is 23.2 Å². The quantitative estimate of drug-likeness (QED) is 0.664. The minimum absolute atomic E-state index is 0.0196. The highest BCUT2D eigenvalue weighted by atomic mass is 16.5. The van der Waals surface area contributed by atoms with Crippen LogP contribution in [0.4, 0.5) is 0 Å². The number of nitrogens with zero attached hydrogens (tertiary/aromatic N) is 1. The van der Waals surface area contributed by atoms with Crippen molar-refractivity contribution in [1.29, 1.82) is 0 Å².